The van der Waals surface area contributed by atoms with Crippen molar-refractivity contribution in [2.45, 2.75) is 31.0 Å². The first-order valence-corrected chi connectivity index (χ1v) is 7.16. The normalized spacial score (nSPS) is 26.0. The number of hydroxylamine groups is 2. The Morgan fingerprint density at radius 3 is 2.90 bits per heavy atom. The van der Waals surface area contributed by atoms with Gasteiger partial charge in [-0.05, 0) is 12.0 Å². The Bertz CT molecular complexity index is 584. The largest absolute Gasteiger partial charge is 0.295 e. The molecule has 0 spiro atoms. The molecule has 2 unspecified atom stereocenters. The smallest absolute Gasteiger partial charge is 0.0929 e. The fraction of sp³-hybridized carbons (Fsp3) is 0.375. The summed E-state index contributed by atoms with van der Waals surface area (Å²) in [6.45, 7) is 4.53. The molecule has 21 heavy (non-hydrogen) atoms. The molecule has 0 aliphatic carbocycles. The minimum atomic E-state index is -0.233. The minimum absolute atomic E-state index is 0.149. The lowest BCUT2D eigenvalue weighted by Crippen LogP contribution is -2.41. The summed E-state index contributed by atoms with van der Waals surface area (Å²) in [6, 6.07) is 10.4. The lowest BCUT2D eigenvalue weighted by atomic mass is 9.84. The van der Waals surface area contributed by atoms with Crippen LogP contribution in [0.1, 0.15) is 18.4 Å². The van der Waals surface area contributed by atoms with E-state index in [1.807, 2.05) is 35.1 Å². The maximum absolute atomic E-state index is 6.02. The van der Waals surface area contributed by atoms with Crippen molar-refractivity contribution >= 4 is 0 Å². The first kappa shape index (κ1) is 14.0. The van der Waals surface area contributed by atoms with Gasteiger partial charge in [0.2, 0.25) is 0 Å². The summed E-state index contributed by atoms with van der Waals surface area (Å²) in [6.07, 6.45) is 7.40. The highest BCUT2D eigenvalue weighted by atomic mass is 16.7. The molecular weight excluding hydrogens is 264 g/mol. The van der Waals surface area contributed by atoms with Gasteiger partial charge >= 0.3 is 0 Å². The van der Waals surface area contributed by atoms with Gasteiger partial charge in [0.1, 0.15) is 0 Å². The van der Waals surface area contributed by atoms with Gasteiger partial charge in [-0.2, -0.15) is 5.06 Å². The van der Waals surface area contributed by atoms with Crippen LogP contribution < -0.4 is 0 Å². The highest BCUT2D eigenvalue weighted by molar-refractivity contribution is 5.25. The SMILES string of the molecule is C=CCC1CC(Cn2ccnn2)(c2ccccc2)N(C)O1. The number of aromatic nitrogens is 3. The highest BCUT2D eigenvalue weighted by Gasteiger charge is 2.46. The molecule has 1 aromatic carbocycles. The second kappa shape index (κ2) is 5.79. The molecule has 1 aliphatic rings. The van der Waals surface area contributed by atoms with Gasteiger partial charge in [0.05, 0.1) is 24.4 Å². The molecule has 2 heterocycles. The Morgan fingerprint density at radius 1 is 1.43 bits per heavy atom. The van der Waals surface area contributed by atoms with Crippen molar-refractivity contribution < 1.29 is 4.84 Å². The topological polar surface area (TPSA) is 43.2 Å². The molecule has 0 saturated carbocycles. The van der Waals surface area contributed by atoms with Crippen LogP contribution in [-0.2, 0) is 16.9 Å². The second-order valence-electron chi connectivity index (χ2n) is 5.45. The number of hydrogen-bond acceptors (Lipinski definition) is 4. The van der Waals surface area contributed by atoms with E-state index < -0.39 is 0 Å². The molecule has 1 fully saturated rings. The Morgan fingerprint density at radius 2 is 2.24 bits per heavy atom. The number of likely N-dealkylation sites (N-methyl/N-ethyl adjacent to an activating group) is 1. The fourth-order valence-corrected chi connectivity index (χ4v) is 3.07. The monoisotopic (exact) mass is 284 g/mol. The van der Waals surface area contributed by atoms with Gasteiger partial charge in [0.15, 0.2) is 0 Å². The third-order valence-electron chi connectivity index (χ3n) is 4.11. The van der Waals surface area contributed by atoms with Gasteiger partial charge in [-0.3, -0.25) is 9.52 Å². The van der Waals surface area contributed by atoms with Crippen molar-refractivity contribution in [3.63, 3.8) is 0 Å². The Hall–Kier alpha value is -1.98. The molecule has 0 N–H and O–H groups in total. The molecule has 5 nitrogen and oxygen atoms in total. The molecular formula is C16H20N4O. The van der Waals surface area contributed by atoms with Crippen LogP contribution in [0.25, 0.3) is 0 Å². The van der Waals surface area contributed by atoms with E-state index in [1.54, 1.807) is 6.20 Å². The van der Waals surface area contributed by atoms with Crippen molar-refractivity contribution in [3.05, 3.63) is 60.9 Å². The Balaban J connectivity index is 1.97. The number of hydrogen-bond donors (Lipinski definition) is 0. The second-order valence-corrected chi connectivity index (χ2v) is 5.45. The molecule has 0 radical (unpaired) electrons. The molecule has 0 bridgehead atoms. The maximum atomic E-state index is 6.02. The third kappa shape index (κ3) is 2.62. The van der Waals surface area contributed by atoms with E-state index in [-0.39, 0.29) is 11.6 Å². The summed E-state index contributed by atoms with van der Waals surface area (Å²) >= 11 is 0. The van der Waals surface area contributed by atoms with Crippen LogP contribution in [0.5, 0.6) is 0 Å². The van der Waals surface area contributed by atoms with Crippen molar-refractivity contribution in [2.24, 2.45) is 0 Å². The molecule has 110 valence electrons. The maximum Gasteiger partial charge on any atom is 0.0929 e. The van der Waals surface area contributed by atoms with Crippen LogP contribution in [0.4, 0.5) is 0 Å². The zero-order valence-corrected chi connectivity index (χ0v) is 12.2. The molecule has 2 atom stereocenters. The van der Waals surface area contributed by atoms with Crippen molar-refractivity contribution in [1.29, 1.82) is 0 Å². The van der Waals surface area contributed by atoms with Gasteiger partial charge in [0, 0.05) is 19.7 Å². The zero-order chi connectivity index (χ0) is 14.7. The summed E-state index contributed by atoms with van der Waals surface area (Å²) in [5, 5.41) is 10.00. The van der Waals surface area contributed by atoms with E-state index in [2.05, 4.69) is 41.2 Å². The third-order valence-corrected chi connectivity index (χ3v) is 4.11. The predicted molar refractivity (Wildman–Crippen MR) is 80.2 cm³/mol. The van der Waals surface area contributed by atoms with Crippen molar-refractivity contribution in [2.75, 3.05) is 7.05 Å². The van der Waals surface area contributed by atoms with Gasteiger partial charge in [0.25, 0.3) is 0 Å². The van der Waals surface area contributed by atoms with Gasteiger partial charge in [-0.15, -0.1) is 11.7 Å². The summed E-state index contributed by atoms with van der Waals surface area (Å²) < 4.78 is 1.86. The zero-order valence-electron chi connectivity index (χ0n) is 12.2. The quantitative estimate of drug-likeness (QED) is 0.791. The van der Waals surface area contributed by atoms with Crippen LogP contribution in [0, 0.1) is 0 Å². The fourth-order valence-electron chi connectivity index (χ4n) is 3.07. The number of benzene rings is 1. The van der Waals surface area contributed by atoms with E-state index in [4.69, 9.17) is 4.84 Å². The van der Waals surface area contributed by atoms with Crippen molar-refractivity contribution in [3.8, 4) is 0 Å². The standard InChI is InChI=1S/C16H20N4O/c1-3-7-15-12-16(19(2)21-15,13-20-11-10-17-18-20)14-8-5-4-6-9-14/h3-6,8-11,15H,1,7,12-13H2,2H3. The summed E-state index contributed by atoms with van der Waals surface area (Å²) in [4.78, 5) is 6.02. The van der Waals surface area contributed by atoms with E-state index in [1.165, 1.54) is 5.56 Å². The van der Waals surface area contributed by atoms with Crippen molar-refractivity contribution in [1.82, 2.24) is 20.1 Å². The van der Waals surface area contributed by atoms with Crippen LogP contribution >= 0.6 is 0 Å². The summed E-state index contributed by atoms with van der Waals surface area (Å²) in [5.41, 5.74) is 0.998. The number of nitrogens with zero attached hydrogens (tertiary/aromatic N) is 4. The lowest BCUT2D eigenvalue weighted by molar-refractivity contribution is -0.174. The van der Waals surface area contributed by atoms with E-state index in [9.17, 15) is 0 Å². The molecule has 1 saturated heterocycles. The predicted octanol–water partition coefficient (Wildman–Crippen LogP) is 2.39. The molecule has 0 amide bonds. The average Bonchev–Trinajstić information content (AvgIpc) is 3.10. The first-order valence-electron chi connectivity index (χ1n) is 7.16. The van der Waals surface area contributed by atoms with Gasteiger partial charge in [-0.25, -0.2) is 0 Å². The molecule has 2 aromatic rings. The van der Waals surface area contributed by atoms with Crippen LogP contribution in [-0.4, -0.2) is 33.2 Å². The van der Waals surface area contributed by atoms with Crippen LogP contribution in [0.2, 0.25) is 0 Å². The van der Waals surface area contributed by atoms with Gasteiger partial charge < -0.3 is 0 Å². The lowest BCUT2D eigenvalue weighted by Gasteiger charge is -2.34. The van der Waals surface area contributed by atoms with E-state index in [0.717, 1.165) is 12.8 Å². The molecule has 1 aromatic heterocycles. The molecule has 5 heteroatoms. The van der Waals surface area contributed by atoms with E-state index >= 15 is 0 Å². The van der Waals surface area contributed by atoms with Gasteiger partial charge in [-0.1, -0.05) is 41.6 Å². The summed E-state index contributed by atoms with van der Waals surface area (Å²) in [7, 11) is 1.99. The number of rotatable bonds is 5. The molecule has 3 rings (SSSR count). The first-order chi connectivity index (χ1) is 10.2. The van der Waals surface area contributed by atoms with Crippen LogP contribution in [0.3, 0.4) is 0 Å². The minimum Gasteiger partial charge on any atom is -0.295 e. The highest BCUT2D eigenvalue weighted by Crippen LogP contribution is 2.41. The Labute approximate surface area is 124 Å². The average molecular weight is 284 g/mol. The van der Waals surface area contributed by atoms with E-state index in [0.29, 0.717) is 6.54 Å². The molecule has 1 aliphatic heterocycles. The summed E-state index contributed by atoms with van der Waals surface area (Å²) in [5.74, 6) is 0. The van der Waals surface area contributed by atoms with Crippen LogP contribution in [0.15, 0.2) is 55.4 Å². The Kier molecular flexibility index (Phi) is 3.86.